The van der Waals surface area contributed by atoms with Gasteiger partial charge in [-0.2, -0.15) is 0 Å². The Bertz CT molecular complexity index is 480. The average Bonchev–Trinajstić information content (AvgIpc) is 2.41. The number of hydrogen-bond acceptors (Lipinski definition) is 6. The SMILES string of the molecule is CNc1cc([N+](=O)[O-])cc(N2CCC(C)C(O)C2)n1. The third-order valence-electron chi connectivity index (χ3n) is 3.51. The summed E-state index contributed by atoms with van der Waals surface area (Å²) in [6, 6.07) is 2.84. The highest BCUT2D eigenvalue weighted by Crippen LogP contribution is 2.27. The number of aromatic nitrogens is 1. The van der Waals surface area contributed by atoms with Crippen LogP contribution in [0.5, 0.6) is 0 Å². The molecule has 1 aliphatic heterocycles. The molecule has 7 nitrogen and oxygen atoms in total. The van der Waals surface area contributed by atoms with Crippen molar-refractivity contribution in [3.63, 3.8) is 0 Å². The molecule has 1 aromatic heterocycles. The number of anilines is 2. The fourth-order valence-corrected chi connectivity index (χ4v) is 2.15. The lowest BCUT2D eigenvalue weighted by Crippen LogP contribution is -2.43. The quantitative estimate of drug-likeness (QED) is 0.631. The summed E-state index contributed by atoms with van der Waals surface area (Å²) >= 11 is 0. The topological polar surface area (TPSA) is 91.5 Å². The summed E-state index contributed by atoms with van der Waals surface area (Å²) in [5.41, 5.74) is 0.00228. The Morgan fingerprint density at radius 1 is 1.58 bits per heavy atom. The monoisotopic (exact) mass is 266 g/mol. The lowest BCUT2D eigenvalue weighted by molar-refractivity contribution is -0.384. The first-order valence-corrected chi connectivity index (χ1v) is 6.28. The molecule has 0 spiro atoms. The van der Waals surface area contributed by atoms with Crippen LogP contribution in [0.2, 0.25) is 0 Å². The third-order valence-corrected chi connectivity index (χ3v) is 3.51. The van der Waals surface area contributed by atoms with Crippen LogP contribution >= 0.6 is 0 Å². The fraction of sp³-hybridized carbons (Fsp3) is 0.583. The van der Waals surface area contributed by atoms with Crippen molar-refractivity contribution in [2.45, 2.75) is 19.4 Å². The first-order chi connectivity index (χ1) is 9.01. The minimum absolute atomic E-state index is 0.00228. The summed E-state index contributed by atoms with van der Waals surface area (Å²) in [7, 11) is 1.67. The molecule has 1 saturated heterocycles. The zero-order valence-electron chi connectivity index (χ0n) is 11.0. The second-order valence-corrected chi connectivity index (χ2v) is 4.86. The number of rotatable bonds is 3. The maximum absolute atomic E-state index is 10.9. The van der Waals surface area contributed by atoms with Gasteiger partial charge in [0.2, 0.25) is 0 Å². The van der Waals surface area contributed by atoms with Gasteiger partial charge < -0.3 is 15.3 Å². The van der Waals surface area contributed by atoms with Crippen LogP contribution in [0.25, 0.3) is 0 Å². The molecule has 0 radical (unpaired) electrons. The molecule has 2 heterocycles. The number of hydrogen-bond donors (Lipinski definition) is 2. The molecular formula is C12H18N4O3. The Balaban J connectivity index is 2.28. The predicted octanol–water partition coefficient (Wildman–Crippen LogP) is 1.24. The number of β-amino-alcohol motifs (C(OH)–C–C–N with tert-alkyl or cyclic N) is 1. The maximum atomic E-state index is 10.9. The van der Waals surface area contributed by atoms with Crippen molar-refractivity contribution in [1.29, 1.82) is 0 Å². The molecule has 2 atom stereocenters. The summed E-state index contributed by atoms with van der Waals surface area (Å²) in [4.78, 5) is 16.7. The number of nitrogens with zero attached hydrogens (tertiary/aromatic N) is 3. The third kappa shape index (κ3) is 2.93. The van der Waals surface area contributed by atoms with Gasteiger partial charge in [-0.15, -0.1) is 0 Å². The molecule has 2 unspecified atom stereocenters. The van der Waals surface area contributed by atoms with Crippen molar-refractivity contribution in [1.82, 2.24) is 4.98 Å². The number of pyridine rings is 1. The van der Waals surface area contributed by atoms with Crippen LogP contribution in [0.1, 0.15) is 13.3 Å². The van der Waals surface area contributed by atoms with Crippen molar-refractivity contribution in [3.8, 4) is 0 Å². The molecule has 104 valence electrons. The first kappa shape index (κ1) is 13.5. The van der Waals surface area contributed by atoms with Crippen LogP contribution in [0.15, 0.2) is 12.1 Å². The lowest BCUT2D eigenvalue weighted by Gasteiger charge is -2.35. The molecule has 7 heteroatoms. The van der Waals surface area contributed by atoms with Crippen molar-refractivity contribution < 1.29 is 10.0 Å². The molecule has 0 aromatic carbocycles. The van der Waals surface area contributed by atoms with Gasteiger partial charge in [0.25, 0.3) is 5.69 Å². The normalized spacial score (nSPS) is 23.2. The summed E-state index contributed by atoms with van der Waals surface area (Å²) in [5.74, 6) is 1.24. The van der Waals surface area contributed by atoms with E-state index in [0.717, 1.165) is 13.0 Å². The number of nitrogens with one attached hydrogen (secondary N) is 1. The van der Waals surface area contributed by atoms with E-state index in [1.54, 1.807) is 7.05 Å². The van der Waals surface area contributed by atoms with Gasteiger partial charge in [-0.25, -0.2) is 4.98 Å². The average molecular weight is 266 g/mol. The van der Waals surface area contributed by atoms with Gasteiger partial charge in [-0.1, -0.05) is 6.92 Å². The number of aliphatic hydroxyl groups is 1. The van der Waals surface area contributed by atoms with E-state index >= 15 is 0 Å². The van der Waals surface area contributed by atoms with E-state index in [1.165, 1.54) is 12.1 Å². The van der Waals surface area contributed by atoms with Crippen LogP contribution in [0, 0.1) is 16.0 Å². The highest BCUT2D eigenvalue weighted by atomic mass is 16.6. The maximum Gasteiger partial charge on any atom is 0.276 e. The highest BCUT2D eigenvalue weighted by molar-refractivity contribution is 5.56. The minimum Gasteiger partial charge on any atom is -0.391 e. The van der Waals surface area contributed by atoms with E-state index in [9.17, 15) is 15.2 Å². The van der Waals surface area contributed by atoms with Gasteiger partial charge >= 0.3 is 0 Å². The minimum atomic E-state index is -0.435. The Hall–Kier alpha value is -1.89. The lowest BCUT2D eigenvalue weighted by atomic mass is 9.96. The Kier molecular flexibility index (Phi) is 3.84. The van der Waals surface area contributed by atoms with Gasteiger partial charge in [0, 0.05) is 20.1 Å². The van der Waals surface area contributed by atoms with Gasteiger partial charge in [0.15, 0.2) is 0 Å². The second-order valence-electron chi connectivity index (χ2n) is 4.86. The summed E-state index contributed by atoms with van der Waals surface area (Å²) in [6.07, 6.45) is 0.424. The van der Waals surface area contributed by atoms with Crippen LogP contribution in [0.3, 0.4) is 0 Å². The Morgan fingerprint density at radius 2 is 2.32 bits per heavy atom. The molecule has 1 fully saturated rings. The van der Waals surface area contributed by atoms with E-state index in [1.807, 2.05) is 11.8 Å². The molecule has 0 bridgehead atoms. The van der Waals surface area contributed by atoms with E-state index in [0.29, 0.717) is 18.2 Å². The summed E-state index contributed by atoms with van der Waals surface area (Å²) < 4.78 is 0. The van der Waals surface area contributed by atoms with Crippen LogP contribution in [0.4, 0.5) is 17.3 Å². The molecule has 2 N–H and O–H groups in total. The van der Waals surface area contributed by atoms with E-state index < -0.39 is 11.0 Å². The molecule has 0 amide bonds. The van der Waals surface area contributed by atoms with E-state index in [2.05, 4.69) is 10.3 Å². The zero-order valence-corrected chi connectivity index (χ0v) is 11.0. The largest absolute Gasteiger partial charge is 0.391 e. The first-order valence-electron chi connectivity index (χ1n) is 6.28. The molecule has 1 aliphatic rings. The molecule has 0 saturated carbocycles. The van der Waals surface area contributed by atoms with Crippen molar-refractivity contribution >= 4 is 17.3 Å². The molecular weight excluding hydrogens is 248 g/mol. The summed E-state index contributed by atoms with van der Waals surface area (Å²) in [5, 5.41) is 23.6. The van der Waals surface area contributed by atoms with Gasteiger partial charge in [0.1, 0.15) is 11.6 Å². The van der Waals surface area contributed by atoms with Crippen molar-refractivity contribution in [2.75, 3.05) is 30.4 Å². The van der Waals surface area contributed by atoms with E-state index in [-0.39, 0.29) is 11.6 Å². The van der Waals surface area contributed by atoms with Crippen LogP contribution in [-0.4, -0.2) is 41.3 Å². The van der Waals surface area contributed by atoms with Crippen LogP contribution in [-0.2, 0) is 0 Å². The number of aliphatic hydroxyl groups excluding tert-OH is 1. The Labute approximate surface area is 111 Å². The second kappa shape index (κ2) is 5.40. The zero-order chi connectivity index (χ0) is 14.0. The van der Waals surface area contributed by atoms with Gasteiger partial charge in [-0.05, 0) is 12.3 Å². The standard InChI is InChI=1S/C12H18N4O3/c1-8-3-4-15(7-10(8)17)12-6-9(16(18)19)5-11(13-2)14-12/h5-6,8,10,17H,3-4,7H2,1-2H3,(H,13,14). The van der Waals surface area contributed by atoms with Gasteiger partial charge in [-0.3, -0.25) is 10.1 Å². The predicted molar refractivity (Wildman–Crippen MR) is 72.4 cm³/mol. The number of nitro groups is 1. The summed E-state index contributed by atoms with van der Waals surface area (Å²) in [6.45, 7) is 3.20. The molecule has 2 rings (SSSR count). The Morgan fingerprint density at radius 3 is 2.89 bits per heavy atom. The number of piperidine rings is 1. The van der Waals surface area contributed by atoms with Crippen molar-refractivity contribution in [2.24, 2.45) is 5.92 Å². The highest BCUT2D eigenvalue weighted by Gasteiger charge is 2.26. The van der Waals surface area contributed by atoms with Gasteiger partial charge in [0.05, 0.1) is 23.2 Å². The van der Waals surface area contributed by atoms with E-state index in [4.69, 9.17) is 0 Å². The fourth-order valence-electron chi connectivity index (χ4n) is 2.15. The smallest absolute Gasteiger partial charge is 0.276 e. The van der Waals surface area contributed by atoms with Crippen LogP contribution < -0.4 is 10.2 Å². The molecule has 0 aliphatic carbocycles. The molecule has 1 aromatic rings. The van der Waals surface area contributed by atoms with Crippen molar-refractivity contribution in [3.05, 3.63) is 22.2 Å². The molecule has 19 heavy (non-hydrogen) atoms.